The highest BCUT2D eigenvalue weighted by molar-refractivity contribution is 6.36. The van der Waals surface area contributed by atoms with Gasteiger partial charge in [0.2, 0.25) is 11.8 Å². The molecular weight excluding hydrogens is 331 g/mol. The minimum absolute atomic E-state index is 0.285. The van der Waals surface area contributed by atoms with Crippen LogP contribution in [0.4, 0.5) is 4.39 Å². The van der Waals surface area contributed by atoms with Crippen LogP contribution in [-0.4, -0.2) is 20.4 Å². The molecule has 0 bridgehead atoms. The molecule has 5 nitrogen and oxygen atoms in total. The van der Waals surface area contributed by atoms with Gasteiger partial charge in [0.1, 0.15) is 5.82 Å². The largest absolute Gasteiger partial charge is 0.425 e. The molecule has 0 unspecified atom stereocenters. The number of nitrogens with one attached hydrogen (secondary N) is 1. The molecule has 0 atom stereocenters. The minimum Gasteiger partial charge on any atom is -0.425 e. The van der Waals surface area contributed by atoms with E-state index in [0.717, 1.165) is 22.0 Å². The second-order valence-electron chi connectivity index (χ2n) is 5.44. The van der Waals surface area contributed by atoms with E-state index in [1.807, 2.05) is 18.2 Å². The zero-order valence-electron chi connectivity index (χ0n) is 12.5. The summed E-state index contributed by atoms with van der Waals surface area (Å²) in [5.74, 6) is 0.620. The molecule has 0 aliphatic carbocycles. The average Bonchev–Trinajstić information content (AvgIpc) is 3.20. The fourth-order valence-electron chi connectivity index (χ4n) is 2.58. The Balaban J connectivity index is 1.55. The highest BCUT2D eigenvalue weighted by Crippen LogP contribution is 2.27. The topological polar surface area (TPSA) is 67.6 Å². The SMILES string of the molecule is Fc1cccc(Cc2nnc(Cc3ccc4[nH]ncc4c3Cl)o2)c1. The monoisotopic (exact) mass is 342 g/mol. The number of nitrogens with zero attached hydrogens (tertiary/aromatic N) is 3. The highest BCUT2D eigenvalue weighted by Gasteiger charge is 2.12. The van der Waals surface area contributed by atoms with Crippen LogP contribution in [0.2, 0.25) is 5.02 Å². The van der Waals surface area contributed by atoms with Gasteiger partial charge in [-0.3, -0.25) is 5.10 Å². The smallest absolute Gasteiger partial charge is 0.221 e. The number of aromatic amines is 1. The fraction of sp³-hybridized carbons (Fsp3) is 0.118. The second-order valence-corrected chi connectivity index (χ2v) is 5.82. The van der Waals surface area contributed by atoms with Gasteiger partial charge in [-0.1, -0.05) is 29.8 Å². The first-order chi connectivity index (χ1) is 11.7. The molecular formula is C17H12ClFN4O. The molecule has 24 heavy (non-hydrogen) atoms. The third-order valence-corrected chi connectivity index (χ3v) is 4.18. The van der Waals surface area contributed by atoms with Gasteiger partial charge in [0.05, 0.1) is 29.6 Å². The van der Waals surface area contributed by atoms with Gasteiger partial charge in [-0.25, -0.2) is 4.39 Å². The van der Waals surface area contributed by atoms with Crippen LogP contribution in [0.3, 0.4) is 0 Å². The molecule has 0 amide bonds. The Hall–Kier alpha value is -2.73. The van der Waals surface area contributed by atoms with Crippen molar-refractivity contribution in [2.75, 3.05) is 0 Å². The van der Waals surface area contributed by atoms with Crippen molar-refractivity contribution in [2.24, 2.45) is 0 Å². The standard InChI is InChI=1S/C17H12ClFN4O/c18-17-11(4-5-14-13(17)9-20-21-14)8-16-23-22-15(24-16)7-10-2-1-3-12(19)6-10/h1-6,9H,7-8H2,(H,20,21). The fourth-order valence-corrected chi connectivity index (χ4v) is 2.86. The van der Waals surface area contributed by atoms with Gasteiger partial charge in [0.25, 0.3) is 0 Å². The molecule has 2 aromatic carbocycles. The molecule has 0 fully saturated rings. The van der Waals surface area contributed by atoms with E-state index in [2.05, 4.69) is 20.4 Å². The number of aromatic nitrogens is 4. The van der Waals surface area contributed by atoms with Crippen LogP contribution in [0.25, 0.3) is 10.9 Å². The highest BCUT2D eigenvalue weighted by atomic mass is 35.5. The number of halogens is 2. The van der Waals surface area contributed by atoms with Crippen molar-refractivity contribution in [1.82, 2.24) is 20.4 Å². The van der Waals surface area contributed by atoms with E-state index in [9.17, 15) is 4.39 Å². The lowest BCUT2D eigenvalue weighted by atomic mass is 10.1. The third kappa shape index (κ3) is 2.88. The lowest BCUT2D eigenvalue weighted by Crippen LogP contribution is -1.90. The van der Waals surface area contributed by atoms with E-state index in [1.165, 1.54) is 12.1 Å². The Bertz CT molecular complexity index is 1010. The number of fused-ring (bicyclic) bond motifs is 1. The number of hydrogen-bond acceptors (Lipinski definition) is 4. The van der Waals surface area contributed by atoms with Crippen molar-refractivity contribution >= 4 is 22.5 Å². The predicted octanol–water partition coefficient (Wildman–Crippen LogP) is 3.92. The summed E-state index contributed by atoms with van der Waals surface area (Å²) in [5.41, 5.74) is 2.54. The van der Waals surface area contributed by atoms with Crippen molar-refractivity contribution in [2.45, 2.75) is 12.8 Å². The van der Waals surface area contributed by atoms with Gasteiger partial charge in [-0.2, -0.15) is 5.10 Å². The van der Waals surface area contributed by atoms with Crippen molar-refractivity contribution in [3.63, 3.8) is 0 Å². The van der Waals surface area contributed by atoms with Crippen LogP contribution in [0.1, 0.15) is 22.9 Å². The normalized spacial score (nSPS) is 11.2. The summed E-state index contributed by atoms with van der Waals surface area (Å²) in [4.78, 5) is 0. The zero-order chi connectivity index (χ0) is 16.5. The van der Waals surface area contributed by atoms with E-state index in [0.29, 0.717) is 29.6 Å². The Labute approximate surface area is 141 Å². The molecule has 0 radical (unpaired) electrons. The molecule has 4 aromatic rings. The predicted molar refractivity (Wildman–Crippen MR) is 87.4 cm³/mol. The summed E-state index contributed by atoms with van der Waals surface area (Å²) >= 11 is 6.40. The molecule has 4 rings (SSSR count). The Morgan fingerprint density at radius 1 is 1.08 bits per heavy atom. The maximum Gasteiger partial charge on any atom is 0.221 e. The van der Waals surface area contributed by atoms with Gasteiger partial charge in [0, 0.05) is 5.39 Å². The molecule has 2 aromatic heterocycles. The minimum atomic E-state index is -0.285. The van der Waals surface area contributed by atoms with Crippen LogP contribution >= 0.6 is 11.6 Å². The third-order valence-electron chi connectivity index (χ3n) is 3.73. The maximum atomic E-state index is 13.2. The lowest BCUT2D eigenvalue weighted by Gasteiger charge is -2.02. The first-order valence-electron chi connectivity index (χ1n) is 7.35. The van der Waals surface area contributed by atoms with Crippen molar-refractivity contribution in [3.05, 3.63) is 76.3 Å². The maximum absolute atomic E-state index is 13.2. The van der Waals surface area contributed by atoms with E-state index >= 15 is 0 Å². The van der Waals surface area contributed by atoms with Gasteiger partial charge in [-0.05, 0) is 29.3 Å². The van der Waals surface area contributed by atoms with Crippen LogP contribution in [0.5, 0.6) is 0 Å². The van der Waals surface area contributed by atoms with Crippen LogP contribution in [-0.2, 0) is 12.8 Å². The number of rotatable bonds is 4. The lowest BCUT2D eigenvalue weighted by molar-refractivity contribution is 0.466. The molecule has 1 N–H and O–H groups in total. The first-order valence-corrected chi connectivity index (χ1v) is 7.73. The summed E-state index contributed by atoms with van der Waals surface area (Å²) in [5, 5.41) is 16.4. The summed E-state index contributed by atoms with van der Waals surface area (Å²) in [6, 6.07) is 10.1. The van der Waals surface area contributed by atoms with Crippen LogP contribution < -0.4 is 0 Å². The molecule has 2 heterocycles. The number of benzene rings is 2. The quantitative estimate of drug-likeness (QED) is 0.610. The molecule has 0 aliphatic rings. The van der Waals surface area contributed by atoms with Gasteiger partial charge in [0.15, 0.2) is 0 Å². The van der Waals surface area contributed by atoms with Gasteiger partial charge < -0.3 is 4.42 Å². The Morgan fingerprint density at radius 3 is 2.75 bits per heavy atom. The van der Waals surface area contributed by atoms with Crippen LogP contribution in [0.15, 0.2) is 47.0 Å². The van der Waals surface area contributed by atoms with Gasteiger partial charge in [-0.15, -0.1) is 10.2 Å². The van der Waals surface area contributed by atoms with Crippen molar-refractivity contribution in [1.29, 1.82) is 0 Å². The van der Waals surface area contributed by atoms with E-state index in [4.69, 9.17) is 16.0 Å². The molecule has 0 spiro atoms. The Kier molecular flexibility index (Phi) is 3.74. The Morgan fingerprint density at radius 2 is 1.92 bits per heavy atom. The summed E-state index contributed by atoms with van der Waals surface area (Å²) in [7, 11) is 0. The number of H-pyrrole nitrogens is 1. The molecule has 0 aliphatic heterocycles. The molecule has 0 saturated heterocycles. The molecule has 120 valence electrons. The molecule has 7 heteroatoms. The van der Waals surface area contributed by atoms with Crippen molar-refractivity contribution < 1.29 is 8.81 Å². The summed E-state index contributed by atoms with van der Waals surface area (Å²) in [6.07, 6.45) is 2.50. The average molecular weight is 343 g/mol. The van der Waals surface area contributed by atoms with E-state index in [-0.39, 0.29) is 5.82 Å². The van der Waals surface area contributed by atoms with Gasteiger partial charge >= 0.3 is 0 Å². The number of hydrogen-bond donors (Lipinski definition) is 1. The van der Waals surface area contributed by atoms with Crippen molar-refractivity contribution in [3.8, 4) is 0 Å². The van der Waals surface area contributed by atoms with E-state index in [1.54, 1.807) is 12.3 Å². The van der Waals surface area contributed by atoms with E-state index < -0.39 is 0 Å². The first kappa shape index (κ1) is 14.8. The summed E-state index contributed by atoms with van der Waals surface area (Å²) < 4.78 is 18.9. The molecule has 0 saturated carbocycles. The van der Waals surface area contributed by atoms with Crippen LogP contribution in [0, 0.1) is 5.82 Å². The zero-order valence-corrected chi connectivity index (χ0v) is 13.2. The second kappa shape index (κ2) is 6.05. The summed E-state index contributed by atoms with van der Waals surface area (Å²) in [6.45, 7) is 0.